The van der Waals surface area contributed by atoms with E-state index in [1.54, 1.807) is 12.4 Å². The molecule has 0 aliphatic carbocycles. The number of nitrogens with zero attached hydrogens (tertiary/aromatic N) is 5. The van der Waals surface area contributed by atoms with Crippen molar-refractivity contribution in [1.82, 2.24) is 19.4 Å². The van der Waals surface area contributed by atoms with Crippen molar-refractivity contribution in [2.45, 2.75) is 6.54 Å². The minimum Gasteiger partial charge on any atom is -0.352 e. The van der Waals surface area contributed by atoms with Gasteiger partial charge in [0.15, 0.2) is 11.5 Å². The molecule has 5 nitrogen and oxygen atoms in total. The maximum absolute atomic E-state index is 4.51. The first-order valence-electron chi connectivity index (χ1n) is 5.83. The fourth-order valence-electron chi connectivity index (χ4n) is 1.98. The summed E-state index contributed by atoms with van der Waals surface area (Å²) in [5.74, 6) is 0.836. The van der Waals surface area contributed by atoms with E-state index in [1.807, 2.05) is 42.2 Å². The third-order valence-electron chi connectivity index (χ3n) is 2.83. The second kappa shape index (κ2) is 4.97. The van der Waals surface area contributed by atoms with Gasteiger partial charge in [-0.3, -0.25) is 4.98 Å². The summed E-state index contributed by atoms with van der Waals surface area (Å²) in [7, 11) is 2.00. The zero-order chi connectivity index (χ0) is 13.2. The largest absolute Gasteiger partial charge is 0.352 e. The van der Waals surface area contributed by atoms with E-state index in [2.05, 4.69) is 35.8 Å². The highest BCUT2D eigenvalue weighted by Crippen LogP contribution is 2.21. The Bertz CT molecular complexity index is 695. The molecule has 0 spiro atoms. The van der Waals surface area contributed by atoms with Crippen molar-refractivity contribution in [2.75, 3.05) is 11.9 Å². The topological polar surface area (TPSA) is 46.3 Å². The summed E-state index contributed by atoms with van der Waals surface area (Å²) in [5.41, 5.74) is 1.98. The molecular weight excluding hydrogens is 306 g/mol. The normalized spacial score (nSPS) is 10.8. The van der Waals surface area contributed by atoms with Gasteiger partial charge in [-0.1, -0.05) is 6.07 Å². The van der Waals surface area contributed by atoms with Crippen molar-refractivity contribution >= 4 is 27.4 Å². The molecular formula is C13H12BrN5. The minimum absolute atomic E-state index is 0.736. The summed E-state index contributed by atoms with van der Waals surface area (Å²) in [6.45, 7) is 0.736. The number of rotatable bonds is 3. The van der Waals surface area contributed by atoms with Crippen LogP contribution in [-0.4, -0.2) is 26.4 Å². The van der Waals surface area contributed by atoms with Crippen LogP contribution in [0.15, 0.2) is 47.7 Å². The molecule has 3 heterocycles. The van der Waals surface area contributed by atoms with Gasteiger partial charge in [0.25, 0.3) is 0 Å². The van der Waals surface area contributed by atoms with Crippen molar-refractivity contribution in [2.24, 2.45) is 0 Å². The Morgan fingerprint density at radius 1 is 1.37 bits per heavy atom. The number of pyridine rings is 1. The Hall–Kier alpha value is -1.95. The van der Waals surface area contributed by atoms with Crippen LogP contribution in [-0.2, 0) is 6.54 Å². The van der Waals surface area contributed by atoms with Gasteiger partial charge in [0, 0.05) is 44.6 Å². The van der Waals surface area contributed by atoms with Crippen molar-refractivity contribution in [1.29, 1.82) is 0 Å². The van der Waals surface area contributed by atoms with Crippen molar-refractivity contribution in [3.8, 4) is 0 Å². The molecule has 0 aromatic carbocycles. The van der Waals surface area contributed by atoms with Gasteiger partial charge in [-0.05, 0) is 27.6 Å². The van der Waals surface area contributed by atoms with Gasteiger partial charge < -0.3 is 9.30 Å². The summed E-state index contributed by atoms with van der Waals surface area (Å²) in [6.07, 6.45) is 9.20. The second-order valence-corrected chi connectivity index (χ2v) is 5.08. The lowest BCUT2D eigenvalue weighted by Crippen LogP contribution is -2.19. The van der Waals surface area contributed by atoms with Gasteiger partial charge >= 0.3 is 0 Å². The van der Waals surface area contributed by atoms with Crippen LogP contribution in [0.3, 0.4) is 0 Å². The summed E-state index contributed by atoms with van der Waals surface area (Å²) in [4.78, 5) is 15.0. The van der Waals surface area contributed by atoms with Crippen LogP contribution in [0.5, 0.6) is 0 Å². The van der Waals surface area contributed by atoms with E-state index < -0.39 is 0 Å². The molecule has 0 aliphatic heterocycles. The fraction of sp³-hybridized carbons (Fsp3) is 0.154. The lowest BCUT2D eigenvalue weighted by atomic mass is 10.3. The first-order valence-corrected chi connectivity index (χ1v) is 6.62. The molecule has 0 radical (unpaired) electrons. The first kappa shape index (κ1) is 12.1. The van der Waals surface area contributed by atoms with Gasteiger partial charge in [-0.25, -0.2) is 9.97 Å². The third kappa shape index (κ3) is 2.44. The molecule has 0 fully saturated rings. The number of anilines is 1. The number of hydrogen-bond donors (Lipinski definition) is 0. The van der Waals surface area contributed by atoms with Crippen LogP contribution < -0.4 is 4.90 Å². The molecule has 6 heteroatoms. The minimum atomic E-state index is 0.736. The first-order chi connectivity index (χ1) is 9.24. The third-order valence-corrected chi connectivity index (χ3v) is 3.21. The van der Waals surface area contributed by atoms with Crippen LogP contribution in [0.25, 0.3) is 5.65 Å². The van der Waals surface area contributed by atoms with Crippen LogP contribution in [0.2, 0.25) is 0 Å². The zero-order valence-corrected chi connectivity index (χ0v) is 11.9. The van der Waals surface area contributed by atoms with Gasteiger partial charge in [0.05, 0.1) is 0 Å². The van der Waals surface area contributed by atoms with E-state index in [9.17, 15) is 0 Å². The maximum Gasteiger partial charge on any atom is 0.180 e. The second-order valence-electron chi connectivity index (χ2n) is 4.26. The van der Waals surface area contributed by atoms with Crippen LogP contribution >= 0.6 is 15.9 Å². The molecule has 3 rings (SSSR count). The molecule has 0 saturated carbocycles. The van der Waals surface area contributed by atoms with E-state index in [-0.39, 0.29) is 0 Å². The fourth-order valence-corrected chi connectivity index (χ4v) is 2.37. The highest BCUT2D eigenvalue weighted by atomic mass is 79.9. The standard InChI is InChI=1S/C13H12BrN5/c1-18(8-10-3-2-4-15-7-10)13-12-16-5-6-19(12)9-11(14)17-13/h2-7,9H,8H2,1H3. The lowest BCUT2D eigenvalue weighted by molar-refractivity contribution is 0.882. The Kier molecular flexibility index (Phi) is 3.16. The average Bonchev–Trinajstić information content (AvgIpc) is 2.86. The van der Waals surface area contributed by atoms with Gasteiger partial charge in [0.2, 0.25) is 0 Å². The molecule has 96 valence electrons. The van der Waals surface area contributed by atoms with Gasteiger partial charge in [-0.15, -0.1) is 0 Å². The van der Waals surface area contributed by atoms with Gasteiger partial charge in [-0.2, -0.15) is 0 Å². The van der Waals surface area contributed by atoms with E-state index in [4.69, 9.17) is 0 Å². The van der Waals surface area contributed by atoms with Crippen LogP contribution in [0.4, 0.5) is 5.82 Å². The summed E-state index contributed by atoms with van der Waals surface area (Å²) >= 11 is 3.42. The molecule has 0 atom stereocenters. The average molecular weight is 318 g/mol. The SMILES string of the molecule is CN(Cc1cccnc1)c1nc(Br)cn2ccnc12. The molecule has 0 saturated heterocycles. The lowest BCUT2D eigenvalue weighted by Gasteiger charge is -2.18. The predicted molar refractivity (Wildman–Crippen MR) is 77.0 cm³/mol. The smallest absolute Gasteiger partial charge is 0.180 e. The Morgan fingerprint density at radius 3 is 3.05 bits per heavy atom. The molecule has 0 aliphatic rings. The van der Waals surface area contributed by atoms with Crippen molar-refractivity contribution < 1.29 is 0 Å². The molecule has 19 heavy (non-hydrogen) atoms. The Balaban J connectivity index is 1.97. The summed E-state index contributed by atoms with van der Waals surface area (Å²) in [5, 5.41) is 0. The van der Waals surface area contributed by atoms with Crippen molar-refractivity contribution in [3.05, 3.63) is 53.3 Å². The van der Waals surface area contributed by atoms with Gasteiger partial charge in [0.1, 0.15) is 4.60 Å². The number of halogens is 1. The van der Waals surface area contributed by atoms with Crippen molar-refractivity contribution in [3.63, 3.8) is 0 Å². The summed E-state index contributed by atoms with van der Waals surface area (Å²) < 4.78 is 2.73. The number of aromatic nitrogens is 4. The van der Waals surface area contributed by atoms with Crippen LogP contribution in [0.1, 0.15) is 5.56 Å². The van der Waals surface area contributed by atoms with E-state index in [0.717, 1.165) is 28.2 Å². The monoisotopic (exact) mass is 317 g/mol. The number of imidazole rings is 1. The molecule has 3 aromatic rings. The van der Waals surface area contributed by atoms with Crippen LogP contribution in [0, 0.1) is 0 Å². The molecule has 0 N–H and O–H groups in total. The maximum atomic E-state index is 4.51. The molecule has 0 amide bonds. The number of hydrogen-bond acceptors (Lipinski definition) is 4. The summed E-state index contributed by atoms with van der Waals surface area (Å²) in [6, 6.07) is 3.98. The quantitative estimate of drug-likeness (QED) is 0.744. The molecule has 0 unspecified atom stereocenters. The predicted octanol–water partition coefficient (Wildman–Crippen LogP) is 2.52. The number of fused-ring (bicyclic) bond motifs is 1. The van der Waals surface area contributed by atoms with E-state index >= 15 is 0 Å². The highest BCUT2D eigenvalue weighted by molar-refractivity contribution is 9.10. The Morgan fingerprint density at radius 2 is 2.26 bits per heavy atom. The zero-order valence-electron chi connectivity index (χ0n) is 10.4. The highest BCUT2D eigenvalue weighted by Gasteiger charge is 2.11. The molecule has 3 aromatic heterocycles. The van der Waals surface area contributed by atoms with E-state index in [1.165, 1.54) is 0 Å². The Labute approximate surface area is 119 Å². The van der Waals surface area contributed by atoms with E-state index in [0.29, 0.717) is 0 Å². The molecule has 0 bridgehead atoms.